The number of rotatable bonds is 10. The minimum Gasteiger partial charge on any atom is -0.491 e. The number of benzene rings is 2. The molecule has 1 fully saturated rings. The molecule has 2 heterocycles. The Labute approximate surface area is 203 Å². The Morgan fingerprint density at radius 2 is 2.03 bits per heavy atom. The number of hydrogen-bond acceptors (Lipinski definition) is 6. The minimum absolute atomic E-state index is 0.217. The molecule has 4 rings (SSSR count). The predicted octanol–water partition coefficient (Wildman–Crippen LogP) is 4.93. The second-order valence-electron chi connectivity index (χ2n) is 8.00. The van der Waals surface area contributed by atoms with Gasteiger partial charge in [-0.15, -0.1) is 0 Å². The molecule has 1 N–H and O–H groups in total. The number of nitrogens with one attached hydrogen (secondary N) is 1. The molecule has 0 bridgehead atoms. The molecule has 1 aliphatic rings. The molecule has 34 heavy (non-hydrogen) atoms. The van der Waals surface area contributed by atoms with E-state index in [0.717, 1.165) is 12.0 Å². The average molecular weight is 486 g/mol. The van der Waals surface area contributed by atoms with Crippen LogP contribution in [0.4, 0.5) is 10.5 Å². The van der Waals surface area contributed by atoms with Crippen LogP contribution in [-0.4, -0.2) is 47.4 Å². The Morgan fingerprint density at radius 1 is 1.24 bits per heavy atom. The van der Waals surface area contributed by atoms with E-state index in [4.69, 9.17) is 30.5 Å². The smallest absolute Gasteiger partial charge is 0.411 e. The number of nitrogens with zero attached hydrogens (tertiary/aromatic N) is 2. The van der Waals surface area contributed by atoms with Crippen molar-refractivity contribution in [2.24, 2.45) is 0 Å². The highest BCUT2D eigenvalue weighted by Gasteiger charge is 2.42. The lowest BCUT2D eigenvalue weighted by Crippen LogP contribution is -2.37. The van der Waals surface area contributed by atoms with Crippen molar-refractivity contribution < 1.29 is 23.7 Å². The first-order chi connectivity index (χ1) is 16.5. The van der Waals surface area contributed by atoms with Crippen molar-refractivity contribution in [1.82, 2.24) is 9.55 Å². The summed E-state index contributed by atoms with van der Waals surface area (Å²) in [5, 5.41) is 3.37. The summed E-state index contributed by atoms with van der Waals surface area (Å²) in [5.74, 6) is -0.104. The van der Waals surface area contributed by atoms with E-state index < -0.39 is 11.9 Å². The molecule has 9 heteroatoms. The van der Waals surface area contributed by atoms with Crippen molar-refractivity contribution in [1.29, 1.82) is 0 Å². The Hall–Kier alpha value is -3.07. The topological polar surface area (TPSA) is 83.8 Å². The minimum atomic E-state index is -0.776. The first-order valence-electron chi connectivity index (χ1n) is 11.2. The molecule has 0 radical (unpaired) electrons. The van der Waals surface area contributed by atoms with Gasteiger partial charge in [0.25, 0.3) is 0 Å². The van der Waals surface area contributed by atoms with Crippen molar-refractivity contribution in [3.8, 4) is 5.75 Å². The largest absolute Gasteiger partial charge is 0.491 e. The van der Waals surface area contributed by atoms with Crippen molar-refractivity contribution in [3.05, 3.63) is 77.8 Å². The zero-order chi connectivity index (χ0) is 23.8. The van der Waals surface area contributed by atoms with Gasteiger partial charge in [-0.2, -0.15) is 0 Å². The maximum Gasteiger partial charge on any atom is 0.411 e. The van der Waals surface area contributed by atoms with E-state index in [0.29, 0.717) is 49.2 Å². The van der Waals surface area contributed by atoms with Crippen LogP contribution in [0.5, 0.6) is 5.75 Å². The maximum absolute atomic E-state index is 11.5. The molecule has 0 spiro atoms. The van der Waals surface area contributed by atoms with Gasteiger partial charge in [-0.1, -0.05) is 23.7 Å². The van der Waals surface area contributed by atoms with E-state index in [2.05, 4.69) is 10.3 Å². The molecular formula is C25H28ClN3O5. The molecule has 180 valence electrons. The van der Waals surface area contributed by atoms with Crippen molar-refractivity contribution in [2.75, 3.05) is 25.1 Å². The van der Waals surface area contributed by atoms with Gasteiger partial charge in [0.2, 0.25) is 0 Å². The van der Waals surface area contributed by atoms with E-state index in [9.17, 15) is 4.79 Å². The number of aryl methyl sites for hydroxylation is 1. The van der Waals surface area contributed by atoms with Crippen LogP contribution in [-0.2, 0) is 27.2 Å². The number of aromatic nitrogens is 2. The van der Waals surface area contributed by atoms with Gasteiger partial charge in [0, 0.05) is 29.5 Å². The molecule has 0 saturated carbocycles. The summed E-state index contributed by atoms with van der Waals surface area (Å²) >= 11 is 6.01. The third-order valence-electron chi connectivity index (χ3n) is 5.42. The summed E-state index contributed by atoms with van der Waals surface area (Å²) in [4.78, 5) is 15.7. The quantitative estimate of drug-likeness (QED) is 0.438. The summed E-state index contributed by atoms with van der Waals surface area (Å²) in [6.45, 7) is 3.38. The highest BCUT2D eigenvalue weighted by molar-refractivity contribution is 6.30. The molecule has 0 aliphatic carbocycles. The molecule has 1 saturated heterocycles. The summed E-state index contributed by atoms with van der Waals surface area (Å²) in [6, 6.07) is 14.9. The molecule has 2 aromatic carbocycles. The van der Waals surface area contributed by atoms with Crippen molar-refractivity contribution >= 4 is 23.4 Å². The Morgan fingerprint density at radius 3 is 2.74 bits per heavy atom. The molecule has 8 nitrogen and oxygen atoms in total. The van der Waals surface area contributed by atoms with Gasteiger partial charge in [-0.3, -0.25) is 5.32 Å². The number of halogens is 1. The first-order valence-corrected chi connectivity index (χ1v) is 11.6. The summed E-state index contributed by atoms with van der Waals surface area (Å²) in [6.07, 6.45) is 6.15. The first kappa shape index (κ1) is 24.1. The summed E-state index contributed by atoms with van der Waals surface area (Å²) in [5.41, 5.74) is 1.80. The SMILES string of the molecule is CCOC(=O)Nc1ccc(OC[C@@H]2CO[C@](CCc3ccc(Cl)cc3)(Cn3ccnc3)O2)cc1. The Kier molecular flexibility index (Phi) is 8.05. The van der Waals surface area contributed by atoms with E-state index >= 15 is 0 Å². The summed E-state index contributed by atoms with van der Waals surface area (Å²) < 4.78 is 25.4. The van der Waals surface area contributed by atoms with E-state index in [1.807, 2.05) is 35.0 Å². The lowest BCUT2D eigenvalue weighted by Gasteiger charge is -2.28. The predicted molar refractivity (Wildman–Crippen MR) is 128 cm³/mol. The Bertz CT molecular complexity index is 1040. The van der Waals surface area contributed by atoms with Gasteiger partial charge in [0.15, 0.2) is 5.79 Å². The normalized spacial score (nSPS) is 19.6. The maximum atomic E-state index is 11.5. The molecule has 1 amide bonds. The van der Waals surface area contributed by atoms with Gasteiger partial charge in [0.05, 0.1) is 26.1 Å². The second kappa shape index (κ2) is 11.4. The molecular weight excluding hydrogens is 458 g/mol. The monoisotopic (exact) mass is 485 g/mol. The van der Waals surface area contributed by atoms with E-state index in [1.54, 1.807) is 43.7 Å². The number of imidazole rings is 1. The van der Waals surface area contributed by atoms with Gasteiger partial charge in [0.1, 0.15) is 18.5 Å². The van der Waals surface area contributed by atoms with Crippen LogP contribution >= 0.6 is 11.6 Å². The van der Waals surface area contributed by atoms with Crippen LogP contribution in [0, 0.1) is 0 Å². The van der Waals surface area contributed by atoms with Gasteiger partial charge < -0.3 is 23.5 Å². The summed E-state index contributed by atoms with van der Waals surface area (Å²) in [7, 11) is 0. The van der Waals surface area contributed by atoms with Crippen LogP contribution in [0.25, 0.3) is 0 Å². The van der Waals surface area contributed by atoms with E-state index in [-0.39, 0.29) is 6.10 Å². The van der Waals surface area contributed by atoms with Crippen LogP contribution in [0.1, 0.15) is 18.9 Å². The fourth-order valence-electron chi connectivity index (χ4n) is 3.74. The molecule has 3 aromatic rings. The van der Waals surface area contributed by atoms with Crippen LogP contribution in [0.15, 0.2) is 67.3 Å². The lowest BCUT2D eigenvalue weighted by molar-refractivity contribution is -0.184. The van der Waals surface area contributed by atoms with Gasteiger partial charge >= 0.3 is 6.09 Å². The van der Waals surface area contributed by atoms with Crippen molar-refractivity contribution in [2.45, 2.75) is 38.2 Å². The third kappa shape index (κ3) is 6.72. The molecule has 2 atom stereocenters. The molecule has 1 aromatic heterocycles. The zero-order valence-corrected chi connectivity index (χ0v) is 19.7. The average Bonchev–Trinajstić information content (AvgIpc) is 3.49. The van der Waals surface area contributed by atoms with Gasteiger partial charge in [-0.05, 0) is 55.3 Å². The number of anilines is 1. The third-order valence-corrected chi connectivity index (χ3v) is 5.67. The molecule has 1 aliphatic heterocycles. The number of ether oxygens (including phenoxy) is 4. The van der Waals surface area contributed by atoms with Crippen LogP contribution in [0.3, 0.4) is 0 Å². The zero-order valence-electron chi connectivity index (χ0n) is 19.0. The highest BCUT2D eigenvalue weighted by Crippen LogP contribution is 2.31. The fraction of sp³-hybridized carbons (Fsp3) is 0.360. The number of carbonyl (C=O) groups excluding carboxylic acids is 1. The van der Waals surface area contributed by atoms with Gasteiger partial charge in [-0.25, -0.2) is 9.78 Å². The number of hydrogen-bond donors (Lipinski definition) is 1. The Balaban J connectivity index is 1.33. The standard InChI is InChI=1S/C25H28ClN3O5/c1-2-31-24(30)28-21-7-9-22(10-8-21)32-15-23-16-33-25(34-23,17-29-14-13-27-18-29)12-11-19-3-5-20(26)6-4-19/h3-10,13-14,18,23H,2,11-12,15-17H2,1H3,(H,28,30)/t23-,25+/m1/s1. The lowest BCUT2D eigenvalue weighted by atomic mass is 10.0. The van der Waals surface area contributed by atoms with E-state index in [1.165, 1.54) is 0 Å². The fourth-order valence-corrected chi connectivity index (χ4v) is 3.87. The van der Waals surface area contributed by atoms with Crippen LogP contribution in [0.2, 0.25) is 5.02 Å². The number of amides is 1. The van der Waals surface area contributed by atoms with Crippen molar-refractivity contribution in [3.63, 3.8) is 0 Å². The number of carbonyl (C=O) groups is 1. The highest BCUT2D eigenvalue weighted by atomic mass is 35.5. The molecule has 0 unspecified atom stereocenters. The second-order valence-corrected chi connectivity index (χ2v) is 8.44. The van der Waals surface area contributed by atoms with Crippen LogP contribution < -0.4 is 10.1 Å².